The average Bonchev–Trinajstić information content (AvgIpc) is 2.97. The molecule has 0 bridgehead atoms. The minimum atomic E-state index is 0.250. The molecule has 2 saturated heterocycles. The fourth-order valence-electron chi connectivity index (χ4n) is 3.95. The number of rotatable bonds is 5. The molecule has 0 aromatic heterocycles. The van der Waals surface area contributed by atoms with E-state index in [9.17, 15) is 4.79 Å². The molecule has 23 heavy (non-hydrogen) atoms. The Labute approximate surface area is 139 Å². The zero-order valence-corrected chi connectivity index (χ0v) is 14.3. The van der Waals surface area contributed by atoms with E-state index in [-0.39, 0.29) is 5.91 Å². The summed E-state index contributed by atoms with van der Waals surface area (Å²) in [4.78, 5) is 15.3. The SMILES string of the molecule is CC1CC[NH+](CC(=O)N[C@@H]2CC[NH+](Cc3ccccc3)C2)CC1. The van der Waals surface area contributed by atoms with Crippen LogP contribution in [0.1, 0.15) is 31.7 Å². The molecule has 2 fully saturated rings. The van der Waals surface area contributed by atoms with E-state index in [1.165, 1.54) is 23.3 Å². The number of hydrogen-bond acceptors (Lipinski definition) is 1. The number of likely N-dealkylation sites (tertiary alicyclic amines) is 2. The van der Waals surface area contributed by atoms with E-state index < -0.39 is 0 Å². The molecule has 0 saturated carbocycles. The molecule has 1 amide bonds. The maximum atomic E-state index is 12.3. The maximum Gasteiger partial charge on any atom is 0.275 e. The lowest BCUT2D eigenvalue weighted by Crippen LogP contribution is -3.14. The van der Waals surface area contributed by atoms with Gasteiger partial charge in [-0.15, -0.1) is 0 Å². The van der Waals surface area contributed by atoms with E-state index in [2.05, 4.69) is 42.6 Å². The average molecular weight is 317 g/mol. The van der Waals surface area contributed by atoms with Crippen molar-refractivity contribution in [2.75, 3.05) is 32.7 Å². The predicted octanol–water partition coefficient (Wildman–Crippen LogP) is -0.725. The standard InChI is InChI=1S/C19H29N3O/c1-16-7-10-21(11-8-16)15-19(23)20-18-9-12-22(14-18)13-17-5-3-2-4-6-17/h2-6,16,18H,7-15H2,1H3,(H,20,23)/p+2/t18-/m1/s1. The Morgan fingerprint density at radius 1 is 1.09 bits per heavy atom. The summed E-state index contributed by atoms with van der Waals surface area (Å²) < 4.78 is 0. The molecule has 2 atom stereocenters. The quantitative estimate of drug-likeness (QED) is 0.659. The van der Waals surface area contributed by atoms with Crippen molar-refractivity contribution in [3.63, 3.8) is 0 Å². The van der Waals surface area contributed by atoms with Crippen molar-refractivity contribution < 1.29 is 14.6 Å². The molecule has 0 aliphatic carbocycles. The monoisotopic (exact) mass is 317 g/mol. The molecule has 1 unspecified atom stereocenters. The molecule has 1 aromatic rings. The van der Waals surface area contributed by atoms with Crippen molar-refractivity contribution in [1.29, 1.82) is 0 Å². The summed E-state index contributed by atoms with van der Waals surface area (Å²) in [5.41, 5.74) is 1.39. The van der Waals surface area contributed by atoms with E-state index in [1.54, 1.807) is 4.90 Å². The Kier molecular flexibility index (Phi) is 5.68. The number of hydrogen-bond donors (Lipinski definition) is 3. The van der Waals surface area contributed by atoms with Crippen molar-refractivity contribution >= 4 is 5.91 Å². The van der Waals surface area contributed by atoms with Crippen LogP contribution in [0.2, 0.25) is 0 Å². The molecular formula is C19H31N3O+2. The molecule has 126 valence electrons. The molecule has 0 radical (unpaired) electrons. The zero-order chi connectivity index (χ0) is 16.1. The smallest absolute Gasteiger partial charge is 0.275 e. The normalized spacial score (nSPS) is 31.0. The molecule has 3 N–H and O–H groups in total. The predicted molar refractivity (Wildman–Crippen MR) is 91.4 cm³/mol. The van der Waals surface area contributed by atoms with Crippen LogP contribution in [0.15, 0.2) is 30.3 Å². The van der Waals surface area contributed by atoms with Gasteiger partial charge in [-0.25, -0.2) is 0 Å². The Bertz CT molecular complexity index is 497. The van der Waals surface area contributed by atoms with Crippen LogP contribution in [-0.2, 0) is 11.3 Å². The first-order chi connectivity index (χ1) is 11.2. The van der Waals surface area contributed by atoms with E-state index >= 15 is 0 Å². The van der Waals surface area contributed by atoms with Gasteiger partial charge in [0.1, 0.15) is 6.54 Å². The number of carbonyl (C=O) groups is 1. The third-order valence-electron chi connectivity index (χ3n) is 5.44. The van der Waals surface area contributed by atoms with Crippen LogP contribution in [0.5, 0.6) is 0 Å². The number of piperidine rings is 1. The third-order valence-corrected chi connectivity index (χ3v) is 5.44. The van der Waals surface area contributed by atoms with Crippen LogP contribution in [0.3, 0.4) is 0 Å². The summed E-state index contributed by atoms with van der Waals surface area (Å²) in [7, 11) is 0. The Balaban J connectivity index is 1.38. The summed E-state index contributed by atoms with van der Waals surface area (Å²) >= 11 is 0. The van der Waals surface area contributed by atoms with Gasteiger partial charge < -0.3 is 15.1 Å². The lowest BCUT2D eigenvalue weighted by atomic mass is 9.99. The summed E-state index contributed by atoms with van der Waals surface area (Å²) in [5, 5.41) is 3.27. The van der Waals surface area contributed by atoms with Gasteiger partial charge in [0.15, 0.2) is 6.54 Å². The van der Waals surface area contributed by atoms with E-state index in [0.717, 1.165) is 45.1 Å². The number of quaternary nitrogens is 2. The summed E-state index contributed by atoms with van der Waals surface area (Å²) in [5.74, 6) is 1.09. The fourth-order valence-corrected chi connectivity index (χ4v) is 3.95. The number of carbonyl (C=O) groups excluding carboxylic acids is 1. The van der Waals surface area contributed by atoms with Crippen molar-refractivity contribution in [1.82, 2.24) is 5.32 Å². The summed E-state index contributed by atoms with van der Waals surface area (Å²) in [6, 6.07) is 11.0. The van der Waals surface area contributed by atoms with Gasteiger partial charge in [-0.2, -0.15) is 0 Å². The molecule has 1 aromatic carbocycles. The van der Waals surface area contributed by atoms with Gasteiger partial charge in [-0.1, -0.05) is 37.3 Å². The van der Waals surface area contributed by atoms with Crippen LogP contribution in [0, 0.1) is 5.92 Å². The Morgan fingerprint density at radius 3 is 2.52 bits per heavy atom. The highest BCUT2D eigenvalue weighted by molar-refractivity contribution is 5.77. The number of amides is 1. The first kappa shape index (κ1) is 16.5. The van der Waals surface area contributed by atoms with E-state index in [0.29, 0.717) is 12.6 Å². The Morgan fingerprint density at radius 2 is 1.78 bits per heavy atom. The van der Waals surface area contributed by atoms with E-state index in [4.69, 9.17) is 0 Å². The second-order valence-corrected chi connectivity index (χ2v) is 7.53. The minimum Gasteiger partial charge on any atom is -0.343 e. The van der Waals surface area contributed by atoms with Crippen LogP contribution in [0.4, 0.5) is 0 Å². The molecule has 0 spiro atoms. The van der Waals surface area contributed by atoms with Crippen molar-refractivity contribution in [3.05, 3.63) is 35.9 Å². The van der Waals surface area contributed by atoms with E-state index in [1.807, 2.05) is 0 Å². The Hall–Kier alpha value is -1.39. The first-order valence-corrected chi connectivity index (χ1v) is 9.19. The lowest BCUT2D eigenvalue weighted by molar-refractivity contribution is -0.902. The highest BCUT2D eigenvalue weighted by Crippen LogP contribution is 2.06. The van der Waals surface area contributed by atoms with Crippen molar-refractivity contribution in [2.24, 2.45) is 5.92 Å². The topological polar surface area (TPSA) is 38.0 Å². The first-order valence-electron chi connectivity index (χ1n) is 9.19. The van der Waals surface area contributed by atoms with Crippen molar-refractivity contribution in [2.45, 2.75) is 38.8 Å². The minimum absolute atomic E-state index is 0.250. The van der Waals surface area contributed by atoms with Gasteiger partial charge >= 0.3 is 0 Å². The molecule has 2 aliphatic heterocycles. The van der Waals surface area contributed by atoms with Gasteiger partial charge in [0.2, 0.25) is 0 Å². The zero-order valence-electron chi connectivity index (χ0n) is 14.3. The van der Waals surface area contributed by atoms with Gasteiger partial charge in [0, 0.05) is 12.0 Å². The summed E-state index contributed by atoms with van der Waals surface area (Å²) in [6.45, 7) is 8.59. The third kappa shape index (κ3) is 5.05. The van der Waals surface area contributed by atoms with Crippen LogP contribution in [0.25, 0.3) is 0 Å². The molecular weight excluding hydrogens is 286 g/mol. The molecule has 3 rings (SSSR count). The second kappa shape index (κ2) is 7.93. The number of nitrogens with one attached hydrogen (secondary N) is 3. The van der Waals surface area contributed by atoms with Gasteiger partial charge in [0.05, 0.1) is 32.2 Å². The van der Waals surface area contributed by atoms with Gasteiger partial charge in [-0.3, -0.25) is 4.79 Å². The largest absolute Gasteiger partial charge is 0.343 e. The van der Waals surface area contributed by atoms with Crippen LogP contribution in [-0.4, -0.2) is 44.7 Å². The molecule has 2 heterocycles. The highest BCUT2D eigenvalue weighted by atomic mass is 16.2. The summed E-state index contributed by atoms with van der Waals surface area (Å²) in [6.07, 6.45) is 3.64. The van der Waals surface area contributed by atoms with Gasteiger partial charge in [-0.05, 0) is 18.8 Å². The van der Waals surface area contributed by atoms with Crippen molar-refractivity contribution in [3.8, 4) is 0 Å². The number of benzene rings is 1. The van der Waals surface area contributed by atoms with Crippen LogP contribution < -0.4 is 15.1 Å². The molecule has 4 nitrogen and oxygen atoms in total. The van der Waals surface area contributed by atoms with Gasteiger partial charge in [0.25, 0.3) is 5.91 Å². The molecule has 4 heteroatoms. The lowest BCUT2D eigenvalue weighted by Gasteiger charge is -2.27. The molecule has 2 aliphatic rings. The van der Waals surface area contributed by atoms with Crippen LogP contribution >= 0.6 is 0 Å². The highest BCUT2D eigenvalue weighted by Gasteiger charge is 2.29. The fraction of sp³-hybridized carbons (Fsp3) is 0.632. The second-order valence-electron chi connectivity index (χ2n) is 7.53. The maximum absolute atomic E-state index is 12.3.